The predicted molar refractivity (Wildman–Crippen MR) is 107 cm³/mol. The summed E-state index contributed by atoms with van der Waals surface area (Å²) in [5, 5.41) is 8.48. The minimum atomic E-state index is -0.769. The van der Waals surface area contributed by atoms with Gasteiger partial charge in [-0.3, -0.25) is 0 Å². The molecule has 2 aliphatic rings. The highest BCUT2D eigenvalue weighted by Gasteiger charge is 2.25. The Kier molecular flexibility index (Phi) is 7.80. The number of hydrogen-bond donors (Lipinski definition) is 0. The molecule has 0 bridgehead atoms. The second kappa shape index (κ2) is 10.5. The Morgan fingerprint density at radius 2 is 1.71 bits per heavy atom. The third-order valence-corrected chi connectivity index (χ3v) is 6.21. The van der Waals surface area contributed by atoms with Gasteiger partial charge in [0.25, 0.3) is 0 Å². The lowest BCUT2D eigenvalue weighted by Gasteiger charge is -2.32. The highest BCUT2D eigenvalue weighted by molar-refractivity contribution is 5.22. The van der Waals surface area contributed by atoms with E-state index in [2.05, 4.69) is 6.08 Å². The van der Waals surface area contributed by atoms with Crippen LogP contribution in [-0.2, 0) is 4.74 Å². The zero-order valence-electron chi connectivity index (χ0n) is 16.3. The van der Waals surface area contributed by atoms with Crippen molar-refractivity contribution >= 4 is 0 Å². The predicted octanol–water partition coefficient (Wildman–Crippen LogP) is 6.45. The van der Waals surface area contributed by atoms with Crippen LogP contribution < -0.4 is 0 Å². The van der Waals surface area contributed by atoms with Crippen molar-refractivity contribution in [2.45, 2.75) is 63.4 Å². The van der Waals surface area contributed by atoms with E-state index < -0.39 is 11.6 Å². The van der Waals surface area contributed by atoms with E-state index in [-0.39, 0.29) is 0 Å². The highest BCUT2D eigenvalue weighted by atomic mass is 19.2. The van der Waals surface area contributed by atoms with Crippen LogP contribution in [0, 0.1) is 34.8 Å². The van der Waals surface area contributed by atoms with Gasteiger partial charge in [0.05, 0.1) is 12.2 Å². The zero-order chi connectivity index (χ0) is 19.8. The van der Waals surface area contributed by atoms with E-state index in [0.717, 1.165) is 63.5 Å². The SMILES string of the molecule is N#CC=CC=C[C@H]1CC[C@H](OC[C@H]2CC[C@H](c3ccc(F)c(F)c3)CC2)CC1. The molecule has 0 spiro atoms. The van der Waals surface area contributed by atoms with E-state index in [0.29, 0.717) is 23.9 Å². The van der Waals surface area contributed by atoms with Gasteiger partial charge in [0.2, 0.25) is 0 Å². The van der Waals surface area contributed by atoms with Crippen molar-refractivity contribution in [2.75, 3.05) is 6.61 Å². The smallest absolute Gasteiger partial charge is 0.159 e. The normalized spacial score (nSPS) is 28.6. The summed E-state index contributed by atoms with van der Waals surface area (Å²) >= 11 is 0. The highest BCUT2D eigenvalue weighted by Crippen LogP contribution is 2.37. The Morgan fingerprint density at radius 1 is 0.964 bits per heavy atom. The van der Waals surface area contributed by atoms with Crippen LogP contribution in [-0.4, -0.2) is 12.7 Å². The van der Waals surface area contributed by atoms with Gasteiger partial charge in [-0.1, -0.05) is 24.3 Å². The lowest BCUT2D eigenvalue weighted by atomic mass is 9.79. The first kappa shape index (κ1) is 20.7. The number of allylic oxidation sites excluding steroid dienone is 4. The Morgan fingerprint density at radius 3 is 2.39 bits per heavy atom. The molecule has 28 heavy (non-hydrogen) atoms. The third kappa shape index (κ3) is 6.01. The van der Waals surface area contributed by atoms with Crippen molar-refractivity contribution in [2.24, 2.45) is 11.8 Å². The van der Waals surface area contributed by atoms with Gasteiger partial charge in [-0.25, -0.2) is 8.78 Å². The quantitative estimate of drug-likeness (QED) is 0.416. The van der Waals surface area contributed by atoms with Crippen molar-refractivity contribution in [1.29, 1.82) is 5.26 Å². The summed E-state index contributed by atoms with van der Waals surface area (Å²) < 4.78 is 32.8. The Balaban J connectivity index is 1.35. The molecule has 2 fully saturated rings. The van der Waals surface area contributed by atoms with Crippen molar-refractivity contribution in [3.05, 3.63) is 59.7 Å². The summed E-state index contributed by atoms with van der Waals surface area (Å²) in [5.74, 6) is -0.00199. The minimum absolute atomic E-state index is 0.337. The summed E-state index contributed by atoms with van der Waals surface area (Å²) in [6.07, 6.45) is 16.5. The fraction of sp³-hybridized carbons (Fsp3) is 0.542. The maximum Gasteiger partial charge on any atom is 0.159 e. The molecular weight excluding hydrogens is 356 g/mol. The fourth-order valence-electron chi connectivity index (χ4n) is 4.47. The standard InChI is InChI=1S/C24H29F2NO/c25-23-14-11-21(16-24(23)26)20-9-5-19(6-10-20)17-28-22-12-7-18(8-13-22)4-2-1-3-15-27/h1-4,11,14,16,18-20,22H,5-10,12-13,17H2/t18-,19-,20-,22-. The molecule has 0 saturated heterocycles. The average Bonchev–Trinajstić information content (AvgIpc) is 2.73. The van der Waals surface area contributed by atoms with Gasteiger partial charge in [0.15, 0.2) is 11.6 Å². The van der Waals surface area contributed by atoms with Gasteiger partial charge in [-0.05, 0) is 86.8 Å². The fourth-order valence-corrected chi connectivity index (χ4v) is 4.47. The van der Waals surface area contributed by atoms with E-state index in [1.54, 1.807) is 12.1 Å². The van der Waals surface area contributed by atoms with E-state index in [4.69, 9.17) is 10.00 Å². The molecule has 1 aromatic carbocycles. The van der Waals surface area contributed by atoms with Crippen LogP contribution in [0.15, 0.2) is 42.5 Å². The number of nitrogens with zero attached hydrogens (tertiary/aromatic N) is 1. The molecule has 1 aromatic rings. The monoisotopic (exact) mass is 385 g/mol. The van der Waals surface area contributed by atoms with Crippen molar-refractivity contribution in [1.82, 2.24) is 0 Å². The first-order chi connectivity index (χ1) is 13.7. The van der Waals surface area contributed by atoms with Gasteiger partial charge < -0.3 is 4.74 Å². The summed E-state index contributed by atoms with van der Waals surface area (Å²) in [5.41, 5.74) is 0.925. The maximum absolute atomic E-state index is 13.5. The van der Waals surface area contributed by atoms with Crippen LogP contribution in [0.25, 0.3) is 0 Å². The van der Waals surface area contributed by atoms with Crippen LogP contribution in [0.1, 0.15) is 62.8 Å². The molecule has 0 radical (unpaired) electrons. The minimum Gasteiger partial charge on any atom is -0.378 e. The summed E-state index contributed by atoms with van der Waals surface area (Å²) in [6.45, 7) is 0.820. The van der Waals surface area contributed by atoms with Gasteiger partial charge in [0, 0.05) is 12.7 Å². The van der Waals surface area contributed by atoms with Crippen LogP contribution in [0.2, 0.25) is 0 Å². The third-order valence-electron chi connectivity index (χ3n) is 6.21. The van der Waals surface area contributed by atoms with Crippen LogP contribution in [0.3, 0.4) is 0 Å². The Hall–Kier alpha value is -1.99. The van der Waals surface area contributed by atoms with E-state index in [1.165, 1.54) is 18.2 Å². The maximum atomic E-state index is 13.5. The number of hydrogen-bond acceptors (Lipinski definition) is 2. The lowest BCUT2D eigenvalue weighted by Crippen LogP contribution is -2.25. The topological polar surface area (TPSA) is 33.0 Å². The Labute approximate surface area is 166 Å². The van der Waals surface area contributed by atoms with Crippen molar-refractivity contribution in [3.8, 4) is 6.07 Å². The van der Waals surface area contributed by atoms with Gasteiger partial charge in [-0.2, -0.15) is 5.26 Å². The van der Waals surface area contributed by atoms with Gasteiger partial charge in [-0.15, -0.1) is 0 Å². The number of nitriles is 1. The summed E-state index contributed by atoms with van der Waals surface area (Å²) in [4.78, 5) is 0. The molecule has 0 aliphatic heterocycles. The summed E-state index contributed by atoms with van der Waals surface area (Å²) in [7, 11) is 0. The molecule has 0 unspecified atom stereocenters. The lowest BCUT2D eigenvalue weighted by molar-refractivity contribution is -0.00457. The number of ether oxygens (including phenoxy) is 1. The van der Waals surface area contributed by atoms with Gasteiger partial charge in [0.1, 0.15) is 0 Å². The van der Waals surface area contributed by atoms with E-state index in [9.17, 15) is 8.78 Å². The molecule has 2 aliphatic carbocycles. The number of rotatable bonds is 6. The van der Waals surface area contributed by atoms with E-state index in [1.807, 2.05) is 12.1 Å². The molecule has 3 rings (SSSR count). The molecule has 4 heteroatoms. The van der Waals surface area contributed by atoms with Crippen molar-refractivity contribution in [3.63, 3.8) is 0 Å². The molecule has 2 saturated carbocycles. The van der Waals surface area contributed by atoms with Crippen LogP contribution >= 0.6 is 0 Å². The van der Waals surface area contributed by atoms with Crippen LogP contribution in [0.4, 0.5) is 8.78 Å². The van der Waals surface area contributed by atoms with Crippen LogP contribution in [0.5, 0.6) is 0 Å². The average molecular weight is 385 g/mol. The molecule has 0 aromatic heterocycles. The molecular formula is C24H29F2NO. The molecule has 0 amide bonds. The number of halogens is 2. The molecule has 0 N–H and O–H groups in total. The second-order valence-corrected chi connectivity index (χ2v) is 8.13. The molecule has 150 valence electrons. The molecule has 2 nitrogen and oxygen atoms in total. The second-order valence-electron chi connectivity index (χ2n) is 8.13. The van der Waals surface area contributed by atoms with Crippen molar-refractivity contribution < 1.29 is 13.5 Å². The van der Waals surface area contributed by atoms with Gasteiger partial charge >= 0.3 is 0 Å². The zero-order valence-corrected chi connectivity index (χ0v) is 16.3. The first-order valence-corrected chi connectivity index (χ1v) is 10.4. The number of benzene rings is 1. The molecule has 0 heterocycles. The summed E-state index contributed by atoms with van der Waals surface area (Å²) in [6, 6.07) is 6.32. The first-order valence-electron chi connectivity index (χ1n) is 10.4. The Bertz CT molecular complexity index is 721. The van der Waals surface area contributed by atoms with E-state index >= 15 is 0 Å². The molecule has 0 atom stereocenters. The largest absolute Gasteiger partial charge is 0.378 e.